The maximum Gasteiger partial charge on any atom is 0.254 e. The predicted octanol–water partition coefficient (Wildman–Crippen LogP) is 2.45. The number of aromatic nitrogens is 2. The Morgan fingerprint density at radius 3 is 2.91 bits per heavy atom. The molecule has 2 aromatic heterocycles. The summed E-state index contributed by atoms with van der Waals surface area (Å²) in [5, 5.41) is 3.88. The van der Waals surface area contributed by atoms with E-state index in [0.29, 0.717) is 0 Å². The Bertz CT molecular complexity index is 602. The minimum Gasteiger partial charge on any atom is -0.337 e. The van der Waals surface area contributed by atoms with Crippen LogP contribution in [-0.4, -0.2) is 51.9 Å². The highest BCUT2D eigenvalue weighted by Crippen LogP contribution is 2.20. The van der Waals surface area contributed by atoms with Crippen molar-refractivity contribution in [1.29, 1.82) is 0 Å². The number of amides is 1. The Hall–Kier alpha value is -1.79. The second kappa shape index (κ2) is 6.98. The molecular formula is C16H20N4OS. The van der Waals surface area contributed by atoms with Crippen LogP contribution in [0.15, 0.2) is 35.4 Å². The van der Waals surface area contributed by atoms with Gasteiger partial charge in [-0.3, -0.25) is 19.7 Å². The van der Waals surface area contributed by atoms with Gasteiger partial charge in [0.2, 0.25) is 0 Å². The molecule has 1 amide bonds. The Labute approximate surface area is 134 Å². The van der Waals surface area contributed by atoms with Gasteiger partial charge < -0.3 is 4.90 Å². The lowest BCUT2D eigenvalue weighted by Crippen LogP contribution is -2.35. The van der Waals surface area contributed by atoms with E-state index < -0.39 is 0 Å². The number of thiophene rings is 1. The topological polar surface area (TPSA) is 49.3 Å². The van der Waals surface area contributed by atoms with Crippen LogP contribution < -0.4 is 0 Å². The number of hydrogen-bond acceptors (Lipinski definition) is 5. The third-order valence-electron chi connectivity index (χ3n) is 4.14. The highest BCUT2D eigenvalue weighted by molar-refractivity contribution is 7.08. The fourth-order valence-electron chi connectivity index (χ4n) is 2.81. The van der Waals surface area contributed by atoms with Crippen LogP contribution in [0.2, 0.25) is 0 Å². The first-order chi connectivity index (χ1) is 10.8. The molecule has 0 aromatic carbocycles. The first-order valence-corrected chi connectivity index (χ1v) is 8.51. The van der Waals surface area contributed by atoms with Gasteiger partial charge in [-0.15, -0.1) is 0 Å². The van der Waals surface area contributed by atoms with Crippen molar-refractivity contribution in [2.24, 2.45) is 0 Å². The van der Waals surface area contributed by atoms with Crippen molar-refractivity contribution in [2.75, 3.05) is 26.2 Å². The smallest absolute Gasteiger partial charge is 0.254 e. The summed E-state index contributed by atoms with van der Waals surface area (Å²) in [5.41, 5.74) is 1.79. The maximum atomic E-state index is 12.5. The molecule has 2 aromatic rings. The molecule has 116 valence electrons. The minimum absolute atomic E-state index is 0.148. The first-order valence-electron chi connectivity index (χ1n) is 7.57. The van der Waals surface area contributed by atoms with Gasteiger partial charge in [0.15, 0.2) is 0 Å². The average molecular weight is 316 g/mol. The molecular weight excluding hydrogens is 296 g/mol. The van der Waals surface area contributed by atoms with E-state index in [2.05, 4.69) is 21.8 Å². The lowest BCUT2D eigenvalue weighted by Gasteiger charge is -2.27. The molecule has 1 aliphatic heterocycles. The van der Waals surface area contributed by atoms with Crippen LogP contribution in [-0.2, 0) is 0 Å². The van der Waals surface area contributed by atoms with Crippen LogP contribution in [0.4, 0.5) is 0 Å². The van der Waals surface area contributed by atoms with Gasteiger partial charge in [-0.1, -0.05) is 0 Å². The molecule has 1 aliphatic rings. The third-order valence-corrected chi connectivity index (χ3v) is 4.83. The summed E-state index contributed by atoms with van der Waals surface area (Å²) in [4.78, 5) is 25.3. The molecule has 6 heteroatoms. The third kappa shape index (κ3) is 3.34. The van der Waals surface area contributed by atoms with Gasteiger partial charge in [-0.05, 0) is 24.8 Å². The fourth-order valence-corrected chi connectivity index (χ4v) is 3.44. The number of nitrogens with zero attached hydrogens (tertiary/aromatic N) is 4. The number of carbonyl (C=O) groups is 1. The van der Waals surface area contributed by atoms with E-state index in [-0.39, 0.29) is 11.9 Å². The molecule has 0 spiro atoms. The van der Waals surface area contributed by atoms with E-state index in [9.17, 15) is 4.79 Å². The van der Waals surface area contributed by atoms with E-state index in [1.807, 2.05) is 27.9 Å². The van der Waals surface area contributed by atoms with E-state index in [1.54, 1.807) is 23.7 Å². The largest absolute Gasteiger partial charge is 0.337 e. The van der Waals surface area contributed by atoms with E-state index >= 15 is 0 Å². The van der Waals surface area contributed by atoms with E-state index in [4.69, 9.17) is 0 Å². The van der Waals surface area contributed by atoms with E-state index in [0.717, 1.165) is 43.9 Å². The fraction of sp³-hybridized carbons (Fsp3) is 0.438. The SMILES string of the molecule is CC(c1cnccn1)N1CCCN(C(=O)c2ccsc2)CC1. The molecule has 3 heterocycles. The summed E-state index contributed by atoms with van der Waals surface area (Å²) >= 11 is 1.57. The Kier molecular flexibility index (Phi) is 4.80. The van der Waals surface area contributed by atoms with Crippen LogP contribution in [0.1, 0.15) is 35.4 Å². The van der Waals surface area contributed by atoms with Crippen LogP contribution in [0.5, 0.6) is 0 Å². The second-order valence-corrected chi connectivity index (χ2v) is 6.28. The summed E-state index contributed by atoms with van der Waals surface area (Å²) in [7, 11) is 0. The molecule has 1 atom stereocenters. The average Bonchev–Trinajstić information content (AvgIpc) is 2.99. The van der Waals surface area contributed by atoms with Crippen molar-refractivity contribution < 1.29 is 4.79 Å². The van der Waals surface area contributed by atoms with E-state index in [1.165, 1.54) is 0 Å². The summed E-state index contributed by atoms with van der Waals surface area (Å²) in [6, 6.07) is 2.13. The molecule has 0 aliphatic carbocycles. The van der Waals surface area contributed by atoms with Crippen LogP contribution in [0.3, 0.4) is 0 Å². The summed E-state index contributed by atoms with van der Waals surface area (Å²) < 4.78 is 0. The molecule has 1 saturated heterocycles. The van der Waals surface area contributed by atoms with Gasteiger partial charge in [-0.25, -0.2) is 0 Å². The zero-order chi connectivity index (χ0) is 15.4. The van der Waals surface area contributed by atoms with Gasteiger partial charge in [0.1, 0.15) is 0 Å². The van der Waals surface area contributed by atoms with Crippen LogP contribution >= 0.6 is 11.3 Å². The monoisotopic (exact) mass is 316 g/mol. The lowest BCUT2D eigenvalue weighted by molar-refractivity contribution is 0.0759. The van der Waals surface area contributed by atoms with Crippen LogP contribution in [0, 0.1) is 0 Å². The first kappa shape index (κ1) is 15.1. The van der Waals surface area contributed by atoms with Crippen molar-refractivity contribution >= 4 is 17.2 Å². The Morgan fingerprint density at radius 1 is 1.27 bits per heavy atom. The van der Waals surface area contributed by atoms with Gasteiger partial charge in [0.25, 0.3) is 5.91 Å². The van der Waals surface area contributed by atoms with Gasteiger partial charge in [0.05, 0.1) is 17.3 Å². The summed E-state index contributed by atoms with van der Waals surface area (Å²) in [6.07, 6.45) is 6.24. The molecule has 1 fully saturated rings. The normalized spacial score (nSPS) is 18.0. The minimum atomic E-state index is 0.148. The molecule has 0 saturated carbocycles. The van der Waals surface area contributed by atoms with Gasteiger partial charge >= 0.3 is 0 Å². The highest BCUT2D eigenvalue weighted by atomic mass is 32.1. The standard InChI is InChI=1S/C16H20N4OS/c1-13(15-11-17-4-5-18-15)19-6-2-7-20(9-8-19)16(21)14-3-10-22-12-14/h3-5,10-13H,2,6-9H2,1H3. The van der Waals surface area contributed by atoms with Crippen molar-refractivity contribution in [3.63, 3.8) is 0 Å². The van der Waals surface area contributed by atoms with Crippen molar-refractivity contribution in [3.05, 3.63) is 46.7 Å². The van der Waals surface area contributed by atoms with Gasteiger partial charge in [0, 0.05) is 50.1 Å². The van der Waals surface area contributed by atoms with Crippen molar-refractivity contribution in [1.82, 2.24) is 19.8 Å². The second-order valence-electron chi connectivity index (χ2n) is 5.50. The Balaban J connectivity index is 1.64. The summed E-state index contributed by atoms with van der Waals surface area (Å²) in [5.74, 6) is 0.148. The number of carbonyl (C=O) groups excluding carboxylic acids is 1. The molecule has 0 bridgehead atoms. The Morgan fingerprint density at radius 2 is 2.18 bits per heavy atom. The molecule has 1 unspecified atom stereocenters. The molecule has 5 nitrogen and oxygen atoms in total. The highest BCUT2D eigenvalue weighted by Gasteiger charge is 2.24. The quantitative estimate of drug-likeness (QED) is 0.873. The van der Waals surface area contributed by atoms with Crippen LogP contribution in [0.25, 0.3) is 0 Å². The predicted molar refractivity (Wildman–Crippen MR) is 86.9 cm³/mol. The summed E-state index contributed by atoms with van der Waals surface area (Å²) in [6.45, 7) is 5.58. The number of rotatable bonds is 3. The molecule has 0 N–H and O–H groups in total. The molecule has 22 heavy (non-hydrogen) atoms. The molecule has 0 radical (unpaired) electrons. The number of hydrogen-bond donors (Lipinski definition) is 0. The molecule has 3 rings (SSSR count). The van der Waals surface area contributed by atoms with Gasteiger partial charge in [-0.2, -0.15) is 11.3 Å². The van der Waals surface area contributed by atoms with Crippen molar-refractivity contribution in [3.8, 4) is 0 Å². The maximum absolute atomic E-state index is 12.5. The van der Waals surface area contributed by atoms with Crippen molar-refractivity contribution in [2.45, 2.75) is 19.4 Å². The lowest BCUT2D eigenvalue weighted by atomic mass is 10.2. The zero-order valence-corrected chi connectivity index (χ0v) is 13.5. The zero-order valence-electron chi connectivity index (χ0n) is 12.7.